The lowest BCUT2D eigenvalue weighted by atomic mass is 9.94. The number of β-amino-alcohol motifs (C(OH)–C–C–N with tert-alkyl or cyclic N) is 1. The van der Waals surface area contributed by atoms with E-state index in [1.54, 1.807) is 18.3 Å². The van der Waals surface area contributed by atoms with Gasteiger partial charge in [-0.15, -0.1) is 0 Å². The summed E-state index contributed by atoms with van der Waals surface area (Å²) in [6.07, 6.45) is 5.20. The van der Waals surface area contributed by atoms with Crippen LogP contribution in [0.2, 0.25) is 0 Å². The number of nitrogens with one attached hydrogen (secondary N) is 2. The second-order valence-corrected chi connectivity index (χ2v) is 10.8. The minimum Gasteiger partial charge on any atom is -0.376 e. The van der Waals surface area contributed by atoms with Crippen molar-refractivity contribution in [1.29, 1.82) is 0 Å². The monoisotopic (exact) mass is 489 g/mol. The fourth-order valence-electron chi connectivity index (χ4n) is 4.35. The minimum absolute atomic E-state index is 0.100. The zero-order chi connectivity index (χ0) is 24.5. The van der Waals surface area contributed by atoms with Gasteiger partial charge in [0.05, 0.1) is 16.8 Å². The molecule has 180 valence electrons. The first-order valence-electron chi connectivity index (χ1n) is 11.7. The fraction of sp³-hybridized carbons (Fsp3) is 0.308. The molecule has 2 aromatic heterocycles. The van der Waals surface area contributed by atoms with Crippen molar-refractivity contribution in [2.75, 3.05) is 24.2 Å². The highest BCUT2D eigenvalue weighted by atomic mass is 32.2. The average molecular weight is 490 g/mol. The number of aromatic nitrogens is 3. The Bertz CT molecular complexity index is 1560. The summed E-state index contributed by atoms with van der Waals surface area (Å²) in [4.78, 5) is 8.78. The lowest BCUT2D eigenvalue weighted by Crippen LogP contribution is -2.44. The Morgan fingerprint density at radius 2 is 2.09 bits per heavy atom. The van der Waals surface area contributed by atoms with E-state index in [-0.39, 0.29) is 5.75 Å². The predicted molar refractivity (Wildman–Crippen MR) is 138 cm³/mol. The van der Waals surface area contributed by atoms with Crippen LogP contribution in [0.25, 0.3) is 21.8 Å². The number of fused-ring (bicyclic) bond motifs is 2. The molecule has 1 saturated heterocycles. The number of aliphatic hydroxyl groups is 1. The van der Waals surface area contributed by atoms with Gasteiger partial charge in [-0.1, -0.05) is 18.8 Å². The van der Waals surface area contributed by atoms with Crippen molar-refractivity contribution in [3.63, 3.8) is 0 Å². The van der Waals surface area contributed by atoms with E-state index in [2.05, 4.69) is 32.4 Å². The summed E-state index contributed by atoms with van der Waals surface area (Å²) >= 11 is 0. The maximum atomic E-state index is 12.5. The zero-order valence-corrected chi connectivity index (χ0v) is 20.3. The molecule has 0 saturated carbocycles. The van der Waals surface area contributed by atoms with Gasteiger partial charge >= 0.3 is 0 Å². The molecule has 4 aromatic rings. The number of hydrogen-bond donors (Lipinski definition) is 3. The average Bonchev–Trinajstić information content (AvgIpc) is 3.28. The molecule has 1 aliphatic rings. The van der Waals surface area contributed by atoms with Crippen LogP contribution >= 0.6 is 0 Å². The Hall–Kier alpha value is -3.45. The number of anilines is 2. The SMILES string of the molecule is CCCS(=O)(=O)n1ccc2cc(Nc3ncnc4ccc(C#CC5(O)CCCNC5)cc34)ccc21. The number of benzene rings is 2. The molecule has 3 N–H and O–H groups in total. The summed E-state index contributed by atoms with van der Waals surface area (Å²) in [7, 11) is -3.38. The van der Waals surface area contributed by atoms with Crippen molar-refractivity contribution in [3.05, 3.63) is 60.6 Å². The molecule has 0 amide bonds. The fourth-order valence-corrected chi connectivity index (χ4v) is 5.77. The molecule has 0 bridgehead atoms. The molecule has 0 radical (unpaired) electrons. The molecule has 35 heavy (non-hydrogen) atoms. The molecule has 0 aliphatic carbocycles. The first kappa shape index (κ1) is 23.3. The largest absolute Gasteiger partial charge is 0.376 e. The van der Waals surface area contributed by atoms with Gasteiger partial charge in [0, 0.05) is 34.8 Å². The van der Waals surface area contributed by atoms with Crippen LogP contribution in [0.3, 0.4) is 0 Å². The van der Waals surface area contributed by atoms with Gasteiger partial charge < -0.3 is 15.7 Å². The molecule has 9 heteroatoms. The quantitative estimate of drug-likeness (QED) is 0.369. The Labute approximate surface area is 204 Å². The number of hydrogen-bond acceptors (Lipinski definition) is 7. The molecule has 2 aromatic carbocycles. The second kappa shape index (κ2) is 9.30. The van der Waals surface area contributed by atoms with E-state index in [0.717, 1.165) is 40.5 Å². The van der Waals surface area contributed by atoms with Crippen LogP contribution in [0, 0.1) is 11.8 Å². The second-order valence-electron chi connectivity index (χ2n) is 8.84. The summed E-state index contributed by atoms with van der Waals surface area (Å²) in [5.41, 5.74) is 1.94. The summed E-state index contributed by atoms with van der Waals surface area (Å²) < 4.78 is 26.4. The van der Waals surface area contributed by atoms with Gasteiger partial charge in [-0.2, -0.15) is 0 Å². The Morgan fingerprint density at radius 1 is 1.20 bits per heavy atom. The van der Waals surface area contributed by atoms with Gasteiger partial charge in [-0.25, -0.2) is 22.4 Å². The topological polar surface area (TPSA) is 109 Å². The highest BCUT2D eigenvalue weighted by molar-refractivity contribution is 7.90. The Balaban J connectivity index is 1.46. The van der Waals surface area contributed by atoms with Crippen molar-refractivity contribution in [1.82, 2.24) is 19.3 Å². The highest BCUT2D eigenvalue weighted by Gasteiger charge is 2.26. The molecule has 8 nitrogen and oxygen atoms in total. The van der Waals surface area contributed by atoms with E-state index in [0.29, 0.717) is 30.7 Å². The van der Waals surface area contributed by atoms with Crippen LogP contribution in [0.4, 0.5) is 11.5 Å². The minimum atomic E-state index is -3.38. The maximum absolute atomic E-state index is 12.5. The number of rotatable bonds is 5. The Morgan fingerprint density at radius 3 is 2.89 bits per heavy atom. The molecule has 0 spiro atoms. The van der Waals surface area contributed by atoms with Crippen LogP contribution in [-0.4, -0.2) is 51.9 Å². The van der Waals surface area contributed by atoms with Crippen LogP contribution in [0.1, 0.15) is 31.7 Å². The maximum Gasteiger partial charge on any atom is 0.238 e. The van der Waals surface area contributed by atoms with Crippen LogP contribution in [-0.2, 0) is 10.0 Å². The first-order chi connectivity index (χ1) is 16.9. The van der Waals surface area contributed by atoms with Crippen molar-refractivity contribution < 1.29 is 13.5 Å². The standard InChI is InChI=1S/C26H27N5O3S/c1-2-14-35(33,34)31-13-9-20-16-21(5-7-24(20)31)30-25-22-15-19(4-6-23(22)28-18-29-25)8-11-26(32)10-3-12-27-17-26/h4-7,9,13,15-16,18,27,32H,2-3,10,12,14,17H2,1H3,(H,28,29,30). The summed E-state index contributed by atoms with van der Waals surface area (Å²) in [5, 5.41) is 18.8. The van der Waals surface area contributed by atoms with Gasteiger partial charge in [-0.3, -0.25) is 0 Å². The summed E-state index contributed by atoms with van der Waals surface area (Å²) in [6, 6.07) is 13.0. The molecular formula is C26H27N5O3S. The van der Waals surface area contributed by atoms with Gasteiger partial charge in [0.1, 0.15) is 17.7 Å². The third kappa shape index (κ3) is 4.86. The Kier molecular flexibility index (Phi) is 6.19. The van der Waals surface area contributed by atoms with Crippen molar-refractivity contribution in [3.8, 4) is 11.8 Å². The van der Waals surface area contributed by atoms with Crippen LogP contribution in [0.5, 0.6) is 0 Å². The predicted octanol–water partition coefficient (Wildman–Crippen LogP) is 3.38. The van der Waals surface area contributed by atoms with Crippen LogP contribution < -0.4 is 10.6 Å². The number of piperidine rings is 1. The first-order valence-corrected chi connectivity index (χ1v) is 13.3. The molecule has 1 unspecified atom stereocenters. The summed E-state index contributed by atoms with van der Waals surface area (Å²) in [5.74, 6) is 6.85. The van der Waals surface area contributed by atoms with Crippen molar-refractivity contribution in [2.45, 2.75) is 31.8 Å². The molecule has 5 rings (SSSR count). The lowest BCUT2D eigenvalue weighted by molar-refractivity contribution is 0.0736. The van der Waals surface area contributed by atoms with Crippen molar-refractivity contribution >= 4 is 43.3 Å². The van der Waals surface area contributed by atoms with Gasteiger partial charge in [0.15, 0.2) is 0 Å². The van der Waals surface area contributed by atoms with E-state index in [1.807, 2.05) is 37.3 Å². The van der Waals surface area contributed by atoms with Crippen LogP contribution in [0.15, 0.2) is 55.0 Å². The zero-order valence-electron chi connectivity index (χ0n) is 19.5. The number of nitrogens with zero attached hydrogens (tertiary/aromatic N) is 3. The molecule has 3 heterocycles. The van der Waals surface area contributed by atoms with E-state index >= 15 is 0 Å². The van der Waals surface area contributed by atoms with Gasteiger partial charge in [-0.05, 0) is 68.3 Å². The molecule has 1 aliphatic heterocycles. The highest BCUT2D eigenvalue weighted by Crippen LogP contribution is 2.27. The molecule has 1 atom stereocenters. The van der Waals surface area contributed by atoms with E-state index in [4.69, 9.17) is 0 Å². The summed E-state index contributed by atoms with van der Waals surface area (Å²) in [6.45, 7) is 3.22. The van der Waals surface area contributed by atoms with Gasteiger partial charge in [0.2, 0.25) is 10.0 Å². The molecular weight excluding hydrogens is 462 g/mol. The smallest absolute Gasteiger partial charge is 0.238 e. The van der Waals surface area contributed by atoms with Gasteiger partial charge in [0.25, 0.3) is 0 Å². The third-order valence-electron chi connectivity index (χ3n) is 6.12. The normalized spacial score (nSPS) is 18.3. The third-order valence-corrected chi connectivity index (χ3v) is 7.96. The van der Waals surface area contributed by atoms with E-state index < -0.39 is 15.6 Å². The van der Waals surface area contributed by atoms with E-state index in [9.17, 15) is 13.5 Å². The van der Waals surface area contributed by atoms with E-state index in [1.165, 1.54) is 10.3 Å². The van der Waals surface area contributed by atoms with Crippen molar-refractivity contribution in [2.24, 2.45) is 0 Å². The molecule has 1 fully saturated rings. The lowest BCUT2D eigenvalue weighted by Gasteiger charge is -2.27.